The molecule has 1 unspecified atom stereocenters. The van der Waals surface area contributed by atoms with Gasteiger partial charge in [0, 0.05) is 12.5 Å². The summed E-state index contributed by atoms with van der Waals surface area (Å²) in [5, 5.41) is 2.11. The zero-order valence-corrected chi connectivity index (χ0v) is 12.8. The van der Waals surface area contributed by atoms with E-state index in [0.717, 1.165) is 16.1 Å². The van der Waals surface area contributed by atoms with Gasteiger partial charge in [0.05, 0.1) is 25.3 Å². The van der Waals surface area contributed by atoms with E-state index in [4.69, 9.17) is 28.9 Å². The fraction of sp³-hybridized carbons (Fsp3) is 0.133. The van der Waals surface area contributed by atoms with E-state index in [1.807, 2.05) is 30.3 Å². The van der Waals surface area contributed by atoms with Crippen LogP contribution in [-0.2, 0) is 6.42 Å². The first-order valence-corrected chi connectivity index (χ1v) is 7.76. The van der Waals surface area contributed by atoms with Gasteiger partial charge in [-0.3, -0.25) is 0 Å². The summed E-state index contributed by atoms with van der Waals surface area (Å²) in [5.41, 5.74) is 8.23. The van der Waals surface area contributed by atoms with Gasteiger partial charge in [0.1, 0.15) is 0 Å². The summed E-state index contributed by atoms with van der Waals surface area (Å²) in [6.45, 7) is 0. The van der Waals surface area contributed by atoms with E-state index >= 15 is 0 Å². The molecule has 102 valence electrons. The lowest BCUT2D eigenvalue weighted by Gasteiger charge is -2.11. The number of halogens is 2. The first-order chi connectivity index (χ1) is 9.63. The van der Waals surface area contributed by atoms with E-state index in [1.54, 1.807) is 17.4 Å². The van der Waals surface area contributed by atoms with E-state index in [2.05, 4.69) is 11.1 Å². The lowest BCUT2D eigenvalue weighted by Crippen LogP contribution is -2.13. The van der Waals surface area contributed by atoms with Gasteiger partial charge < -0.3 is 5.73 Å². The van der Waals surface area contributed by atoms with Crippen molar-refractivity contribution in [3.8, 4) is 0 Å². The average molecular weight is 323 g/mol. The van der Waals surface area contributed by atoms with Crippen LogP contribution in [0.4, 0.5) is 0 Å². The second-order valence-electron chi connectivity index (χ2n) is 4.56. The topological polar surface area (TPSA) is 38.9 Å². The lowest BCUT2D eigenvalue weighted by molar-refractivity contribution is 0.719. The Hall–Kier alpha value is -1.13. The number of aromatic nitrogens is 1. The molecule has 0 saturated heterocycles. The predicted octanol–water partition coefficient (Wildman–Crippen LogP) is 4.85. The van der Waals surface area contributed by atoms with Crippen LogP contribution in [0.3, 0.4) is 0 Å². The Kier molecular flexibility index (Phi) is 3.94. The Bertz CT molecular complexity index is 721. The molecule has 2 N–H and O–H groups in total. The molecule has 3 aromatic rings. The smallest absolute Gasteiger partial charge is 0.0957 e. The van der Waals surface area contributed by atoms with Gasteiger partial charge in [-0.05, 0) is 29.8 Å². The Balaban J connectivity index is 1.84. The van der Waals surface area contributed by atoms with Gasteiger partial charge in [-0.2, -0.15) is 0 Å². The number of hydrogen-bond acceptors (Lipinski definition) is 3. The summed E-state index contributed by atoms with van der Waals surface area (Å²) in [4.78, 5) is 4.60. The molecule has 20 heavy (non-hydrogen) atoms. The molecule has 3 rings (SSSR count). The zero-order valence-electron chi connectivity index (χ0n) is 10.5. The minimum atomic E-state index is -0.134. The van der Waals surface area contributed by atoms with E-state index < -0.39 is 0 Å². The zero-order chi connectivity index (χ0) is 14.1. The summed E-state index contributed by atoms with van der Waals surface area (Å²) < 4.78 is 1.18. The van der Waals surface area contributed by atoms with Crippen molar-refractivity contribution >= 4 is 44.8 Å². The van der Waals surface area contributed by atoms with Gasteiger partial charge in [0.2, 0.25) is 0 Å². The number of nitrogens with zero attached hydrogens (tertiary/aromatic N) is 1. The standard InChI is InChI=1S/C15H12Cl2N2S/c16-10-6-5-9(7-11(10)17)12(18)8-15-19-13-3-1-2-4-14(13)20-15/h1-7,12H,8,18H2. The second-order valence-corrected chi connectivity index (χ2v) is 6.49. The molecule has 5 heteroatoms. The summed E-state index contributed by atoms with van der Waals surface area (Å²) in [7, 11) is 0. The Morgan fingerprint density at radius 3 is 2.65 bits per heavy atom. The molecule has 0 aliphatic heterocycles. The van der Waals surface area contributed by atoms with E-state index in [1.165, 1.54) is 4.70 Å². The molecule has 0 saturated carbocycles. The molecule has 0 bridgehead atoms. The SMILES string of the molecule is NC(Cc1nc2ccccc2s1)c1ccc(Cl)c(Cl)c1. The number of nitrogens with two attached hydrogens (primary N) is 1. The second kappa shape index (κ2) is 5.70. The number of hydrogen-bond donors (Lipinski definition) is 1. The van der Waals surface area contributed by atoms with Crippen LogP contribution in [0.25, 0.3) is 10.2 Å². The highest BCUT2D eigenvalue weighted by molar-refractivity contribution is 7.18. The third kappa shape index (κ3) is 2.81. The van der Waals surface area contributed by atoms with Crippen LogP contribution < -0.4 is 5.73 Å². The minimum absolute atomic E-state index is 0.134. The molecule has 0 radical (unpaired) electrons. The maximum Gasteiger partial charge on any atom is 0.0957 e. The fourth-order valence-electron chi connectivity index (χ4n) is 2.06. The van der Waals surface area contributed by atoms with Gasteiger partial charge in [0.15, 0.2) is 0 Å². The highest BCUT2D eigenvalue weighted by Crippen LogP contribution is 2.28. The van der Waals surface area contributed by atoms with Crippen molar-refractivity contribution in [3.05, 3.63) is 63.1 Å². The van der Waals surface area contributed by atoms with Crippen LogP contribution in [0.2, 0.25) is 10.0 Å². The third-order valence-electron chi connectivity index (χ3n) is 3.10. The van der Waals surface area contributed by atoms with Crippen LogP contribution in [0.1, 0.15) is 16.6 Å². The van der Waals surface area contributed by atoms with Crippen LogP contribution in [0.5, 0.6) is 0 Å². The average Bonchev–Trinajstić information content (AvgIpc) is 2.83. The number of rotatable bonds is 3. The van der Waals surface area contributed by atoms with Gasteiger partial charge >= 0.3 is 0 Å². The monoisotopic (exact) mass is 322 g/mol. The number of benzene rings is 2. The number of fused-ring (bicyclic) bond motifs is 1. The van der Waals surface area contributed by atoms with Crippen molar-refractivity contribution in [1.82, 2.24) is 4.98 Å². The minimum Gasteiger partial charge on any atom is -0.324 e. The molecule has 2 aromatic carbocycles. The number of para-hydroxylation sites is 1. The van der Waals surface area contributed by atoms with E-state index in [-0.39, 0.29) is 6.04 Å². The first kappa shape index (κ1) is 13.8. The molecule has 0 aliphatic rings. The Morgan fingerprint density at radius 2 is 1.90 bits per heavy atom. The molecule has 0 fully saturated rings. The van der Waals surface area contributed by atoms with Crippen molar-refractivity contribution < 1.29 is 0 Å². The largest absolute Gasteiger partial charge is 0.324 e. The maximum atomic E-state index is 6.23. The fourth-order valence-corrected chi connectivity index (χ4v) is 3.39. The summed E-state index contributed by atoms with van der Waals surface area (Å²) in [5.74, 6) is 0. The Labute approximate surface area is 131 Å². The van der Waals surface area contributed by atoms with Gasteiger partial charge in [0.25, 0.3) is 0 Å². The summed E-state index contributed by atoms with van der Waals surface area (Å²) >= 11 is 13.6. The molecule has 0 amide bonds. The van der Waals surface area contributed by atoms with E-state index in [0.29, 0.717) is 16.5 Å². The molecule has 0 aliphatic carbocycles. The molecule has 1 aromatic heterocycles. The van der Waals surface area contributed by atoms with Crippen molar-refractivity contribution in [1.29, 1.82) is 0 Å². The molecule has 1 atom stereocenters. The first-order valence-electron chi connectivity index (χ1n) is 6.18. The van der Waals surface area contributed by atoms with Gasteiger partial charge in [-0.1, -0.05) is 41.4 Å². The predicted molar refractivity (Wildman–Crippen MR) is 86.7 cm³/mol. The quantitative estimate of drug-likeness (QED) is 0.748. The third-order valence-corrected chi connectivity index (χ3v) is 4.90. The maximum absolute atomic E-state index is 6.23. The molecule has 1 heterocycles. The van der Waals surface area contributed by atoms with Crippen molar-refractivity contribution in [2.24, 2.45) is 5.73 Å². The van der Waals surface area contributed by atoms with Crippen LogP contribution in [0.15, 0.2) is 42.5 Å². The molecule has 2 nitrogen and oxygen atoms in total. The lowest BCUT2D eigenvalue weighted by atomic mass is 10.1. The molecule has 0 spiro atoms. The van der Waals surface area contributed by atoms with Gasteiger partial charge in [-0.15, -0.1) is 11.3 Å². The normalized spacial score (nSPS) is 12.8. The van der Waals surface area contributed by atoms with Crippen molar-refractivity contribution in [3.63, 3.8) is 0 Å². The Morgan fingerprint density at radius 1 is 1.10 bits per heavy atom. The van der Waals surface area contributed by atoms with E-state index in [9.17, 15) is 0 Å². The van der Waals surface area contributed by atoms with Crippen LogP contribution >= 0.6 is 34.5 Å². The highest BCUT2D eigenvalue weighted by atomic mass is 35.5. The summed E-state index contributed by atoms with van der Waals surface area (Å²) in [6, 6.07) is 13.5. The number of thiazole rings is 1. The van der Waals surface area contributed by atoms with Gasteiger partial charge in [-0.25, -0.2) is 4.98 Å². The van der Waals surface area contributed by atoms with Crippen molar-refractivity contribution in [2.45, 2.75) is 12.5 Å². The highest BCUT2D eigenvalue weighted by Gasteiger charge is 2.12. The molecular weight excluding hydrogens is 311 g/mol. The molecular formula is C15H12Cl2N2S. The van der Waals surface area contributed by atoms with Crippen LogP contribution in [-0.4, -0.2) is 4.98 Å². The summed E-state index contributed by atoms with van der Waals surface area (Å²) in [6.07, 6.45) is 0.692. The van der Waals surface area contributed by atoms with Crippen molar-refractivity contribution in [2.75, 3.05) is 0 Å². The van der Waals surface area contributed by atoms with Crippen LogP contribution in [0, 0.1) is 0 Å².